The van der Waals surface area contributed by atoms with Crippen molar-refractivity contribution in [1.29, 1.82) is 0 Å². The number of aliphatic hydroxyl groups excluding tert-OH is 1. The first-order chi connectivity index (χ1) is 7.64. The van der Waals surface area contributed by atoms with E-state index in [4.69, 9.17) is 15.2 Å². The Balaban J connectivity index is 1.92. The van der Waals surface area contributed by atoms with Crippen LogP contribution in [0.25, 0.3) is 0 Å². The van der Waals surface area contributed by atoms with Crippen LogP contribution in [0.1, 0.15) is 6.92 Å². The molecule has 5 atom stereocenters. The number of aliphatic hydroxyl groups is 1. The number of nitrogens with two attached hydrogens (primary N) is 1. The number of ether oxygens (including phenoxy) is 2. The van der Waals surface area contributed by atoms with Gasteiger partial charge in [-0.1, -0.05) is 0 Å². The molecule has 2 aliphatic heterocycles. The van der Waals surface area contributed by atoms with Crippen LogP contribution < -0.4 is 27.4 Å². The van der Waals surface area contributed by atoms with E-state index in [0.29, 0.717) is 0 Å². The molecule has 3 aliphatic rings. The molecule has 5 nitrogen and oxygen atoms in total. The monoisotopic (exact) mass is 338 g/mol. The molecule has 1 saturated heterocycles. The van der Waals surface area contributed by atoms with E-state index in [-0.39, 0.29) is 34.4 Å². The van der Waals surface area contributed by atoms with Gasteiger partial charge in [0.25, 0.3) is 0 Å². The minimum atomic E-state index is -0.975. The first-order valence-electron chi connectivity index (χ1n) is 5.11. The van der Waals surface area contributed by atoms with Crippen molar-refractivity contribution < 1.29 is 39.6 Å². The summed E-state index contributed by atoms with van der Waals surface area (Å²) in [5.41, 5.74) is 9.60. The van der Waals surface area contributed by atoms with Gasteiger partial charge in [0.15, 0.2) is 0 Å². The second-order valence-electron chi connectivity index (χ2n) is 4.38. The molecule has 0 aromatic rings. The molecule has 5 unspecified atom stereocenters. The van der Waals surface area contributed by atoms with Crippen LogP contribution in [0, 0.1) is 11.8 Å². The molecule has 1 spiro atoms. The summed E-state index contributed by atoms with van der Waals surface area (Å²) in [6.07, 6.45) is -0.308. The fraction of sp³-hybridized carbons (Fsp3) is 0.700. The maximum absolute atomic E-state index is 9.46. The topological polar surface area (TPSA) is 84.9 Å². The third-order valence-electron chi connectivity index (χ3n) is 3.53. The summed E-state index contributed by atoms with van der Waals surface area (Å²) in [6.45, 7) is 1.87. The van der Waals surface area contributed by atoms with Gasteiger partial charge in [-0.05, 0) is 0 Å². The Morgan fingerprint density at radius 3 is 3.00 bits per heavy atom. The van der Waals surface area contributed by atoms with Crippen molar-refractivity contribution >= 4 is 0 Å². The molecule has 6 heteroatoms. The zero-order chi connectivity index (χ0) is 11.5. The van der Waals surface area contributed by atoms with Crippen molar-refractivity contribution in [3.63, 3.8) is 0 Å². The first-order valence-corrected chi connectivity index (χ1v) is 7.32. The third kappa shape index (κ3) is 1.16. The molecule has 1 saturated carbocycles. The van der Waals surface area contributed by atoms with Crippen LogP contribution in [-0.4, -0.2) is 31.0 Å². The summed E-state index contributed by atoms with van der Waals surface area (Å²) in [5, 5.41) is 9.19. The SMILES string of the molecule is CC1=C=C(N)OC23OC(CO)C([I-]O)C2C13. The first kappa shape index (κ1) is 10.9. The fourth-order valence-electron chi connectivity index (χ4n) is 2.91. The molecule has 1 aliphatic carbocycles. The van der Waals surface area contributed by atoms with Crippen molar-refractivity contribution in [2.24, 2.45) is 17.6 Å². The van der Waals surface area contributed by atoms with Crippen LogP contribution in [0.2, 0.25) is 0 Å². The van der Waals surface area contributed by atoms with Crippen LogP contribution in [0.4, 0.5) is 0 Å². The predicted octanol–water partition coefficient (Wildman–Crippen LogP) is -3.94. The second kappa shape index (κ2) is 3.36. The summed E-state index contributed by atoms with van der Waals surface area (Å²) < 4.78 is 20.8. The average molecular weight is 338 g/mol. The van der Waals surface area contributed by atoms with Crippen molar-refractivity contribution in [3.05, 3.63) is 17.2 Å². The molecule has 4 N–H and O–H groups in total. The molecular weight excluding hydrogens is 325 g/mol. The molecule has 2 fully saturated rings. The van der Waals surface area contributed by atoms with Crippen molar-refractivity contribution in [2.45, 2.75) is 22.7 Å². The van der Waals surface area contributed by atoms with Crippen molar-refractivity contribution in [3.8, 4) is 0 Å². The molecular formula is C10H13INO4-. The van der Waals surface area contributed by atoms with E-state index in [0.717, 1.165) is 5.57 Å². The Kier molecular flexibility index (Phi) is 2.28. The van der Waals surface area contributed by atoms with E-state index in [1.54, 1.807) is 0 Å². The van der Waals surface area contributed by atoms with Crippen molar-refractivity contribution in [1.82, 2.24) is 0 Å². The van der Waals surface area contributed by atoms with E-state index < -0.39 is 27.4 Å². The van der Waals surface area contributed by atoms with E-state index in [9.17, 15) is 8.54 Å². The van der Waals surface area contributed by atoms with Gasteiger partial charge in [-0.3, -0.25) is 0 Å². The Morgan fingerprint density at radius 1 is 1.62 bits per heavy atom. The molecule has 0 aromatic heterocycles. The van der Waals surface area contributed by atoms with Gasteiger partial charge in [0.2, 0.25) is 0 Å². The second-order valence-corrected chi connectivity index (χ2v) is 6.38. The van der Waals surface area contributed by atoms with Gasteiger partial charge in [-0.25, -0.2) is 0 Å². The van der Waals surface area contributed by atoms with Gasteiger partial charge in [-0.2, -0.15) is 0 Å². The third-order valence-corrected chi connectivity index (χ3v) is 5.75. The quantitative estimate of drug-likeness (QED) is 0.272. The van der Waals surface area contributed by atoms with E-state index in [2.05, 4.69) is 5.73 Å². The van der Waals surface area contributed by atoms with E-state index in [1.807, 2.05) is 6.92 Å². The van der Waals surface area contributed by atoms with Gasteiger partial charge in [0, 0.05) is 0 Å². The Labute approximate surface area is 104 Å². The normalized spacial score (nSPS) is 48.9. The van der Waals surface area contributed by atoms with Crippen LogP contribution in [-0.2, 0) is 9.47 Å². The summed E-state index contributed by atoms with van der Waals surface area (Å²) in [7, 11) is 0. The molecule has 0 bridgehead atoms. The predicted molar refractivity (Wildman–Crippen MR) is 49.2 cm³/mol. The molecule has 0 radical (unpaired) electrons. The molecule has 3 rings (SSSR count). The van der Waals surface area contributed by atoms with Crippen LogP contribution in [0.15, 0.2) is 17.2 Å². The maximum atomic E-state index is 9.46. The summed E-state index contributed by atoms with van der Waals surface area (Å²) in [4.78, 5) is 0. The number of hydrogen-bond donors (Lipinski definition) is 3. The number of hydrogen-bond acceptors (Lipinski definition) is 5. The number of fused-ring (bicyclic) bond motifs is 1. The Morgan fingerprint density at radius 2 is 2.38 bits per heavy atom. The summed E-state index contributed by atoms with van der Waals surface area (Å²) >= 11 is -0.975. The van der Waals surface area contributed by atoms with Gasteiger partial charge in [-0.15, -0.1) is 0 Å². The van der Waals surface area contributed by atoms with Crippen LogP contribution in [0.5, 0.6) is 0 Å². The fourth-order valence-corrected chi connectivity index (χ4v) is 4.91. The van der Waals surface area contributed by atoms with Gasteiger partial charge < -0.3 is 0 Å². The van der Waals surface area contributed by atoms with Gasteiger partial charge >= 0.3 is 104 Å². The standard InChI is InChI=1S/C10H13INO4/c1-4-2-6(12)16-10-7(4)8(10)9(11-14)5(3-13)15-10/h5,7-9,13-14H,3,12H2,1H3/q-1. The number of rotatable bonds is 2. The molecule has 90 valence electrons. The Bertz CT molecular complexity index is 406. The zero-order valence-corrected chi connectivity index (χ0v) is 10.8. The molecule has 0 aromatic carbocycles. The molecule has 16 heavy (non-hydrogen) atoms. The van der Waals surface area contributed by atoms with E-state index in [1.165, 1.54) is 0 Å². The molecule has 2 heterocycles. The Hall–Kier alpha value is -0.270. The van der Waals surface area contributed by atoms with Crippen molar-refractivity contribution in [2.75, 3.05) is 6.61 Å². The van der Waals surface area contributed by atoms with Gasteiger partial charge in [0.1, 0.15) is 0 Å². The average Bonchev–Trinajstić information content (AvgIpc) is 2.77. The van der Waals surface area contributed by atoms with E-state index >= 15 is 0 Å². The number of halogens is 1. The molecule has 0 amide bonds. The minimum absolute atomic E-state index is 0.0245. The zero-order valence-electron chi connectivity index (χ0n) is 8.68. The summed E-state index contributed by atoms with van der Waals surface area (Å²) in [5.74, 6) is -0.180. The van der Waals surface area contributed by atoms with Crippen LogP contribution >= 0.6 is 0 Å². The van der Waals surface area contributed by atoms with Crippen LogP contribution in [0.3, 0.4) is 0 Å². The summed E-state index contributed by atoms with van der Waals surface area (Å²) in [6, 6.07) is 0. The number of alkyl halides is 1. The van der Waals surface area contributed by atoms with Gasteiger partial charge in [0.05, 0.1) is 0 Å².